The Hall–Kier alpha value is -2.65. The van der Waals surface area contributed by atoms with Crippen molar-refractivity contribution in [3.63, 3.8) is 0 Å². The van der Waals surface area contributed by atoms with E-state index in [1.165, 1.54) is 0 Å². The molecule has 3 N–H and O–H groups in total. The molecule has 0 aliphatic carbocycles. The summed E-state index contributed by atoms with van der Waals surface area (Å²) < 4.78 is 5.60. The van der Waals surface area contributed by atoms with Crippen LogP contribution in [0.4, 0.5) is 5.69 Å². The van der Waals surface area contributed by atoms with E-state index < -0.39 is 5.91 Å². The van der Waals surface area contributed by atoms with Gasteiger partial charge in [0, 0.05) is 35.5 Å². The largest absolute Gasteiger partial charge is 0.381 e. The number of pyridine rings is 1. The molecule has 24 heavy (non-hydrogen) atoms. The van der Waals surface area contributed by atoms with Crippen molar-refractivity contribution in [2.24, 2.45) is 5.73 Å². The van der Waals surface area contributed by atoms with Crippen LogP contribution in [0.25, 0.3) is 10.9 Å². The van der Waals surface area contributed by atoms with Crippen molar-refractivity contribution in [1.29, 1.82) is 5.26 Å². The van der Waals surface area contributed by atoms with Crippen LogP contribution in [-0.2, 0) is 16.0 Å². The van der Waals surface area contributed by atoms with E-state index in [2.05, 4.69) is 23.3 Å². The van der Waals surface area contributed by atoms with Gasteiger partial charge in [-0.25, -0.2) is 0 Å². The Morgan fingerprint density at radius 3 is 3.08 bits per heavy atom. The molecule has 6 heteroatoms. The van der Waals surface area contributed by atoms with Crippen LogP contribution >= 0.6 is 0 Å². The molecule has 1 saturated heterocycles. The van der Waals surface area contributed by atoms with E-state index in [1.54, 1.807) is 18.3 Å². The second kappa shape index (κ2) is 6.85. The molecular weight excluding hydrogens is 304 g/mol. The first kappa shape index (κ1) is 16.2. The number of benzene rings is 1. The highest BCUT2D eigenvalue weighted by Gasteiger charge is 2.21. The topological polar surface area (TPSA) is 101 Å². The van der Waals surface area contributed by atoms with Crippen LogP contribution in [0.5, 0.6) is 0 Å². The predicted molar refractivity (Wildman–Crippen MR) is 91.4 cm³/mol. The van der Waals surface area contributed by atoms with Gasteiger partial charge in [0.2, 0.25) is 5.91 Å². The average Bonchev–Trinajstić information content (AvgIpc) is 2.56. The molecule has 1 aromatic heterocycles. The normalized spacial score (nSPS) is 20.5. The van der Waals surface area contributed by atoms with E-state index in [0.29, 0.717) is 12.2 Å². The maximum Gasteiger partial charge on any atom is 0.221 e. The molecule has 1 aromatic carbocycles. The summed E-state index contributed by atoms with van der Waals surface area (Å²) in [4.78, 5) is 15.8. The monoisotopic (exact) mass is 324 g/mol. The fourth-order valence-corrected chi connectivity index (χ4v) is 3.13. The summed E-state index contributed by atoms with van der Waals surface area (Å²) in [7, 11) is 0. The number of primary amides is 1. The summed E-state index contributed by atoms with van der Waals surface area (Å²) in [5, 5.41) is 13.6. The van der Waals surface area contributed by atoms with Gasteiger partial charge in [0.1, 0.15) is 0 Å². The van der Waals surface area contributed by atoms with E-state index in [1.807, 2.05) is 6.07 Å². The van der Waals surface area contributed by atoms with Crippen molar-refractivity contribution in [3.05, 3.63) is 35.5 Å². The Morgan fingerprint density at radius 2 is 2.38 bits per heavy atom. The third-order valence-electron chi connectivity index (χ3n) is 4.27. The molecule has 1 aliphatic rings. The van der Waals surface area contributed by atoms with Gasteiger partial charge in [0.15, 0.2) is 0 Å². The number of amides is 1. The lowest BCUT2D eigenvalue weighted by Gasteiger charge is -2.30. The fourth-order valence-electron chi connectivity index (χ4n) is 3.13. The van der Waals surface area contributed by atoms with Gasteiger partial charge in [-0.05, 0) is 38.0 Å². The maximum atomic E-state index is 11.4. The number of nitrogens with zero attached hydrogens (tertiary/aromatic N) is 2. The second-order valence-corrected chi connectivity index (χ2v) is 6.19. The minimum absolute atomic E-state index is 0.112. The van der Waals surface area contributed by atoms with Crippen LogP contribution < -0.4 is 11.1 Å². The number of anilines is 1. The Bertz CT molecular complexity index is 813. The smallest absolute Gasteiger partial charge is 0.221 e. The zero-order chi connectivity index (χ0) is 17.1. The summed E-state index contributed by atoms with van der Waals surface area (Å²) in [6, 6.07) is 7.76. The van der Waals surface area contributed by atoms with Gasteiger partial charge < -0.3 is 15.8 Å². The van der Waals surface area contributed by atoms with Crippen molar-refractivity contribution in [1.82, 2.24) is 4.98 Å². The molecule has 1 fully saturated rings. The lowest BCUT2D eigenvalue weighted by molar-refractivity contribution is -0.117. The molecule has 2 heterocycles. The first-order valence-corrected chi connectivity index (χ1v) is 8.05. The van der Waals surface area contributed by atoms with Crippen molar-refractivity contribution < 1.29 is 9.53 Å². The standard InChI is InChI=1S/C18H20N4O2/c1-11-6-14(4-5-24-11)22-18-13(8-17(20)23)10-21-16-3-2-12(9-19)7-15(16)18/h2-3,7,10-11,14H,4-6,8H2,1H3,(H2,20,23)(H,21,22)/t11-,14-/m1/s1. The number of nitriles is 1. The van der Waals surface area contributed by atoms with Crippen molar-refractivity contribution >= 4 is 22.5 Å². The Morgan fingerprint density at radius 1 is 1.54 bits per heavy atom. The summed E-state index contributed by atoms with van der Waals surface area (Å²) in [5.74, 6) is -0.406. The molecule has 6 nitrogen and oxygen atoms in total. The van der Waals surface area contributed by atoms with Crippen LogP contribution in [0, 0.1) is 11.3 Å². The molecule has 0 unspecified atom stereocenters. The van der Waals surface area contributed by atoms with Crippen LogP contribution in [0.3, 0.4) is 0 Å². The highest BCUT2D eigenvalue weighted by Crippen LogP contribution is 2.30. The highest BCUT2D eigenvalue weighted by molar-refractivity contribution is 5.95. The lowest BCUT2D eigenvalue weighted by Crippen LogP contribution is -2.33. The van der Waals surface area contributed by atoms with E-state index in [4.69, 9.17) is 10.5 Å². The second-order valence-electron chi connectivity index (χ2n) is 6.19. The third kappa shape index (κ3) is 3.47. The Labute approximate surface area is 140 Å². The average molecular weight is 324 g/mol. The van der Waals surface area contributed by atoms with Gasteiger partial charge in [0.25, 0.3) is 0 Å². The fraction of sp³-hybridized carbons (Fsp3) is 0.389. The molecule has 124 valence electrons. The van der Waals surface area contributed by atoms with Gasteiger partial charge >= 0.3 is 0 Å². The Kier molecular flexibility index (Phi) is 4.63. The number of hydrogen-bond donors (Lipinski definition) is 2. The number of aromatic nitrogens is 1. The van der Waals surface area contributed by atoms with Crippen LogP contribution in [0.1, 0.15) is 30.9 Å². The van der Waals surface area contributed by atoms with Crippen LogP contribution in [-0.4, -0.2) is 29.6 Å². The number of carbonyl (C=O) groups excluding carboxylic acids is 1. The number of ether oxygens (including phenoxy) is 1. The van der Waals surface area contributed by atoms with E-state index >= 15 is 0 Å². The Balaban J connectivity index is 2.05. The number of fused-ring (bicyclic) bond motifs is 1. The van der Waals surface area contributed by atoms with E-state index in [0.717, 1.165) is 35.0 Å². The summed E-state index contributed by atoms with van der Waals surface area (Å²) in [6.07, 6.45) is 3.77. The first-order chi connectivity index (χ1) is 11.6. The molecule has 0 saturated carbocycles. The highest BCUT2D eigenvalue weighted by atomic mass is 16.5. The van der Waals surface area contributed by atoms with E-state index in [-0.39, 0.29) is 18.6 Å². The quantitative estimate of drug-likeness (QED) is 0.897. The molecular formula is C18H20N4O2. The zero-order valence-corrected chi connectivity index (χ0v) is 13.6. The van der Waals surface area contributed by atoms with Crippen molar-refractivity contribution in [2.45, 2.75) is 38.3 Å². The molecule has 1 aliphatic heterocycles. The van der Waals surface area contributed by atoms with Crippen molar-refractivity contribution in [3.8, 4) is 6.07 Å². The molecule has 0 spiro atoms. The van der Waals surface area contributed by atoms with Gasteiger partial charge in [0.05, 0.1) is 29.7 Å². The van der Waals surface area contributed by atoms with Crippen LogP contribution in [0.15, 0.2) is 24.4 Å². The SMILES string of the molecule is C[C@@H]1C[C@H](Nc2c(CC(N)=O)cnc3ccc(C#N)cc23)CCO1. The minimum atomic E-state index is -0.406. The number of nitrogens with two attached hydrogens (primary N) is 1. The lowest BCUT2D eigenvalue weighted by atomic mass is 10.0. The zero-order valence-electron chi connectivity index (χ0n) is 13.6. The molecule has 0 bridgehead atoms. The van der Waals surface area contributed by atoms with Gasteiger partial charge in [-0.2, -0.15) is 5.26 Å². The molecule has 3 rings (SSSR count). The first-order valence-electron chi connectivity index (χ1n) is 8.05. The minimum Gasteiger partial charge on any atom is -0.381 e. The van der Waals surface area contributed by atoms with Gasteiger partial charge in [-0.15, -0.1) is 0 Å². The third-order valence-corrected chi connectivity index (χ3v) is 4.27. The van der Waals surface area contributed by atoms with Crippen molar-refractivity contribution in [2.75, 3.05) is 11.9 Å². The van der Waals surface area contributed by atoms with Crippen LogP contribution in [0.2, 0.25) is 0 Å². The molecule has 1 amide bonds. The molecule has 2 atom stereocenters. The number of hydrogen-bond acceptors (Lipinski definition) is 5. The number of nitrogens with one attached hydrogen (secondary N) is 1. The molecule has 2 aromatic rings. The predicted octanol–water partition coefficient (Wildman–Crippen LogP) is 2.11. The summed E-state index contributed by atoms with van der Waals surface area (Å²) >= 11 is 0. The number of carbonyl (C=O) groups is 1. The van der Waals surface area contributed by atoms with E-state index in [9.17, 15) is 10.1 Å². The van der Waals surface area contributed by atoms with Gasteiger partial charge in [-0.1, -0.05) is 0 Å². The van der Waals surface area contributed by atoms with Gasteiger partial charge in [-0.3, -0.25) is 9.78 Å². The summed E-state index contributed by atoms with van der Waals surface area (Å²) in [6.45, 7) is 2.76. The maximum absolute atomic E-state index is 11.4. The number of rotatable bonds is 4. The molecule has 0 radical (unpaired) electrons. The summed E-state index contributed by atoms with van der Waals surface area (Å²) in [5.41, 5.74) is 8.32.